The fourth-order valence-electron chi connectivity index (χ4n) is 1.88. The van der Waals surface area contributed by atoms with E-state index in [4.69, 9.17) is 15.2 Å². The predicted octanol–water partition coefficient (Wildman–Crippen LogP) is 1.40. The summed E-state index contributed by atoms with van der Waals surface area (Å²) in [5, 5.41) is 0. The molecule has 0 bridgehead atoms. The summed E-state index contributed by atoms with van der Waals surface area (Å²) in [6.07, 6.45) is 1.50. The number of esters is 1. The SMILES string of the molecule is CCOC(=O)C(C)(N)CCCN(CCOC)C(C)C. The molecular weight excluding hydrogens is 244 g/mol. The molecule has 0 heterocycles. The summed E-state index contributed by atoms with van der Waals surface area (Å²) in [6, 6.07) is 0.460. The summed E-state index contributed by atoms with van der Waals surface area (Å²) < 4.78 is 10.1. The molecule has 0 saturated carbocycles. The minimum atomic E-state index is -0.889. The van der Waals surface area contributed by atoms with Gasteiger partial charge in [-0.15, -0.1) is 0 Å². The topological polar surface area (TPSA) is 64.8 Å². The Morgan fingerprint density at radius 3 is 2.47 bits per heavy atom. The maximum Gasteiger partial charge on any atom is 0.325 e. The van der Waals surface area contributed by atoms with Gasteiger partial charge in [-0.3, -0.25) is 9.69 Å². The second-order valence-electron chi connectivity index (χ2n) is 5.36. The van der Waals surface area contributed by atoms with Gasteiger partial charge in [-0.1, -0.05) is 0 Å². The van der Waals surface area contributed by atoms with Gasteiger partial charge in [-0.05, 0) is 47.1 Å². The molecule has 19 heavy (non-hydrogen) atoms. The van der Waals surface area contributed by atoms with E-state index in [0.29, 0.717) is 19.1 Å². The van der Waals surface area contributed by atoms with Crippen LogP contribution in [0.2, 0.25) is 0 Å². The molecule has 1 atom stereocenters. The first-order valence-corrected chi connectivity index (χ1v) is 7.04. The molecule has 0 amide bonds. The summed E-state index contributed by atoms with van der Waals surface area (Å²) in [6.45, 7) is 10.7. The molecule has 0 fully saturated rings. The van der Waals surface area contributed by atoms with E-state index in [2.05, 4.69) is 18.7 Å². The van der Waals surface area contributed by atoms with Crippen molar-refractivity contribution in [2.24, 2.45) is 5.73 Å². The van der Waals surface area contributed by atoms with E-state index in [1.165, 1.54) is 0 Å². The van der Waals surface area contributed by atoms with Gasteiger partial charge < -0.3 is 15.2 Å². The third-order valence-electron chi connectivity index (χ3n) is 3.20. The number of hydrogen-bond acceptors (Lipinski definition) is 5. The van der Waals surface area contributed by atoms with Crippen molar-refractivity contribution < 1.29 is 14.3 Å². The monoisotopic (exact) mass is 274 g/mol. The van der Waals surface area contributed by atoms with Gasteiger partial charge in [-0.25, -0.2) is 0 Å². The molecule has 0 aromatic rings. The van der Waals surface area contributed by atoms with Crippen LogP contribution in [0, 0.1) is 0 Å². The maximum absolute atomic E-state index is 11.7. The van der Waals surface area contributed by atoms with Crippen LogP contribution in [0.15, 0.2) is 0 Å². The molecule has 0 aliphatic carbocycles. The molecule has 2 N–H and O–H groups in total. The normalized spacial score (nSPS) is 14.7. The Labute approximate surface area is 117 Å². The number of hydrogen-bond donors (Lipinski definition) is 1. The summed E-state index contributed by atoms with van der Waals surface area (Å²) in [4.78, 5) is 14.0. The van der Waals surface area contributed by atoms with Crippen LogP contribution in [-0.4, -0.2) is 55.9 Å². The Kier molecular flexibility index (Phi) is 8.97. The van der Waals surface area contributed by atoms with Crippen molar-refractivity contribution in [2.45, 2.75) is 52.1 Å². The molecule has 0 radical (unpaired) electrons. The lowest BCUT2D eigenvalue weighted by molar-refractivity contribution is -0.149. The highest BCUT2D eigenvalue weighted by Crippen LogP contribution is 2.12. The fourth-order valence-corrected chi connectivity index (χ4v) is 1.88. The first-order chi connectivity index (χ1) is 8.85. The van der Waals surface area contributed by atoms with Gasteiger partial charge in [0.15, 0.2) is 0 Å². The number of nitrogens with zero attached hydrogens (tertiary/aromatic N) is 1. The van der Waals surface area contributed by atoms with E-state index in [1.54, 1.807) is 21.0 Å². The summed E-state index contributed by atoms with van der Waals surface area (Å²) in [7, 11) is 1.70. The number of ether oxygens (including phenoxy) is 2. The standard InChI is InChI=1S/C14H30N2O3/c1-6-19-13(17)14(4,15)8-7-9-16(12(2)3)10-11-18-5/h12H,6-11,15H2,1-5H3. The molecular formula is C14H30N2O3. The maximum atomic E-state index is 11.7. The molecule has 5 heteroatoms. The van der Waals surface area contributed by atoms with Crippen molar-refractivity contribution in [3.63, 3.8) is 0 Å². The Balaban J connectivity index is 4.12. The van der Waals surface area contributed by atoms with Crippen LogP contribution >= 0.6 is 0 Å². The Bertz CT molecular complexity index is 255. The number of methoxy groups -OCH3 is 1. The van der Waals surface area contributed by atoms with Crippen LogP contribution in [0.25, 0.3) is 0 Å². The van der Waals surface area contributed by atoms with Gasteiger partial charge in [0.2, 0.25) is 0 Å². The van der Waals surface area contributed by atoms with Crippen molar-refractivity contribution in [2.75, 3.05) is 33.4 Å². The van der Waals surface area contributed by atoms with Crippen molar-refractivity contribution in [3.8, 4) is 0 Å². The summed E-state index contributed by atoms with van der Waals surface area (Å²) >= 11 is 0. The van der Waals surface area contributed by atoms with E-state index >= 15 is 0 Å². The summed E-state index contributed by atoms with van der Waals surface area (Å²) in [5.41, 5.74) is 5.10. The van der Waals surface area contributed by atoms with Gasteiger partial charge in [0.1, 0.15) is 5.54 Å². The molecule has 114 valence electrons. The molecule has 1 unspecified atom stereocenters. The first kappa shape index (κ1) is 18.4. The zero-order valence-corrected chi connectivity index (χ0v) is 13.1. The van der Waals surface area contributed by atoms with Gasteiger partial charge >= 0.3 is 5.97 Å². The van der Waals surface area contributed by atoms with Crippen LogP contribution in [0.1, 0.15) is 40.5 Å². The highest BCUT2D eigenvalue weighted by atomic mass is 16.5. The second-order valence-corrected chi connectivity index (χ2v) is 5.36. The van der Waals surface area contributed by atoms with Crippen LogP contribution < -0.4 is 5.73 Å². The molecule has 0 aromatic heterocycles. The molecule has 0 aliphatic heterocycles. The molecule has 5 nitrogen and oxygen atoms in total. The largest absolute Gasteiger partial charge is 0.465 e. The van der Waals surface area contributed by atoms with Gasteiger partial charge in [0.25, 0.3) is 0 Å². The smallest absolute Gasteiger partial charge is 0.325 e. The Morgan fingerprint density at radius 1 is 1.37 bits per heavy atom. The van der Waals surface area contributed by atoms with E-state index in [0.717, 1.165) is 26.1 Å². The molecule has 0 rings (SSSR count). The van der Waals surface area contributed by atoms with Crippen LogP contribution in [0.5, 0.6) is 0 Å². The van der Waals surface area contributed by atoms with Gasteiger partial charge in [0, 0.05) is 19.7 Å². The summed E-state index contributed by atoms with van der Waals surface area (Å²) in [5.74, 6) is -0.317. The van der Waals surface area contributed by atoms with E-state index < -0.39 is 5.54 Å². The highest BCUT2D eigenvalue weighted by molar-refractivity contribution is 5.79. The average molecular weight is 274 g/mol. The first-order valence-electron chi connectivity index (χ1n) is 7.04. The fraction of sp³-hybridized carbons (Fsp3) is 0.929. The van der Waals surface area contributed by atoms with Gasteiger partial charge in [-0.2, -0.15) is 0 Å². The van der Waals surface area contributed by atoms with Crippen LogP contribution in [0.4, 0.5) is 0 Å². The second kappa shape index (κ2) is 9.28. The number of carbonyl (C=O) groups is 1. The zero-order valence-electron chi connectivity index (χ0n) is 13.1. The zero-order chi connectivity index (χ0) is 14.9. The van der Waals surface area contributed by atoms with E-state index in [-0.39, 0.29) is 5.97 Å². The van der Waals surface area contributed by atoms with Crippen LogP contribution in [-0.2, 0) is 14.3 Å². The van der Waals surface area contributed by atoms with Crippen molar-refractivity contribution >= 4 is 5.97 Å². The minimum Gasteiger partial charge on any atom is -0.465 e. The third kappa shape index (κ3) is 7.50. The average Bonchev–Trinajstić information content (AvgIpc) is 2.33. The predicted molar refractivity (Wildman–Crippen MR) is 77.0 cm³/mol. The number of rotatable bonds is 10. The number of nitrogens with two attached hydrogens (primary N) is 1. The van der Waals surface area contributed by atoms with Crippen molar-refractivity contribution in [1.29, 1.82) is 0 Å². The third-order valence-corrected chi connectivity index (χ3v) is 3.20. The highest BCUT2D eigenvalue weighted by Gasteiger charge is 2.29. The van der Waals surface area contributed by atoms with Gasteiger partial charge in [0.05, 0.1) is 13.2 Å². The van der Waals surface area contributed by atoms with Crippen molar-refractivity contribution in [3.05, 3.63) is 0 Å². The lowest BCUT2D eigenvalue weighted by Gasteiger charge is -2.28. The molecule has 0 aromatic carbocycles. The molecule has 0 spiro atoms. The Hall–Kier alpha value is -0.650. The van der Waals surface area contributed by atoms with E-state index in [9.17, 15) is 4.79 Å². The number of carbonyl (C=O) groups excluding carboxylic acids is 1. The minimum absolute atomic E-state index is 0.317. The lowest BCUT2D eigenvalue weighted by Crippen LogP contribution is -2.47. The van der Waals surface area contributed by atoms with E-state index in [1.807, 2.05) is 0 Å². The quantitative estimate of drug-likeness (QED) is 0.610. The Morgan fingerprint density at radius 2 is 2.00 bits per heavy atom. The molecule has 0 aliphatic rings. The van der Waals surface area contributed by atoms with Crippen molar-refractivity contribution in [1.82, 2.24) is 4.90 Å². The van der Waals surface area contributed by atoms with Crippen LogP contribution in [0.3, 0.4) is 0 Å². The molecule has 0 saturated heterocycles. The lowest BCUT2D eigenvalue weighted by atomic mass is 9.97.